The zero-order valence-corrected chi connectivity index (χ0v) is 18.4. The first-order chi connectivity index (χ1) is 14.8. The number of hydrogen-bond donors (Lipinski definition) is 0. The number of aryl methyl sites for hydroxylation is 1. The largest absolute Gasteiger partial charge is 0.338 e. The van der Waals surface area contributed by atoms with E-state index in [1.165, 1.54) is 9.21 Å². The molecule has 0 atom stereocenters. The van der Waals surface area contributed by atoms with Crippen LogP contribution in [0.1, 0.15) is 30.7 Å². The number of nitrogens with zero attached hydrogens (tertiary/aromatic N) is 5. The highest BCUT2D eigenvalue weighted by Crippen LogP contribution is 2.17. The van der Waals surface area contributed by atoms with E-state index in [1.54, 1.807) is 30.3 Å². The van der Waals surface area contributed by atoms with Gasteiger partial charge in [-0.2, -0.15) is 14.7 Å². The summed E-state index contributed by atoms with van der Waals surface area (Å²) < 4.78 is 27.9. The van der Waals surface area contributed by atoms with Gasteiger partial charge in [-0.25, -0.2) is 13.1 Å². The van der Waals surface area contributed by atoms with E-state index in [0.717, 1.165) is 4.68 Å². The summed E-state index contributed by atoms with van der Waals surface area (Å²) in [6.07, 6.45) is 1.06. The van der Waals surface area contributed by atoms with Gasteiger partial charge < -0.3 is 4.90 Å². The lowest BCUT2D eigenvalue weighted by atomic mass is 10.0. The summed E-state index contributed by atoms with van der Waals surface area (Å²) >= 11 is 0. The van der Waals surface area contributed by atoms with Gasteiger partial charge in [0.1, 0.15) is 18.2 Å². The Kier molecular flexibility index (Phi) is 6.87. The summed E-state index contributed by atoms with van der Waals surface area (Å²) in [7, 11) is -3.61. The van der Waals surface area contributed by atoms with Gasteiger partial charge in [0.05, 0.1) is 10.6 Å². The summed E-state index contributed by atoms with van der Waals surface area (Å²) in [5.41, 5.74) is 0.708. The molecular weight excluding hydrogens is 418 g/mol. The Morgan fingerprint density at radius 1 is 1.10 bits per heavy atom. The molecule has 164 valence electrons. The highest BCUT2D eigenvalue weighted by molar-refractivity contribution is 7.89. The van der Waals surface area contributed by atoms with Crippen molar-refractivity contribution in [2.24, 2.45) is 0 Å². The number of aromatic nitrogens is 2. The lowest BCUT2D eigenvalue weighted by molar-refractivity contribution is -0.133. The average Bonchev–Trinajstić information content (AvgIpc) is 2.80. The third kappa shape index (κ3) is 4.52. The summed E-state index contributed by atoms with van der Waals surface area (Å²) in [6, 6.07) is 10.1. The molecule has 1 aromatic heterocycles. The first-order valence-corrected chi connectivity index (χ1v) is 11.6. The van der Waals surface area contributed by atoms with Gasteiger partial charge in [-0.05, 0) is 30.5 Å². The van der Waals surface area contributed by atoms with E-state index >= 15 is 0 Å². The van der Waals surface area contributed by atoms with Gasteiger partial charge >= 0.3 is 0 Å². The molecule has 1 aliphatic heterocycles. The third-order valence-electron chi connectivity index (χ3n) is 5.40. The van der Waals surface area contributed by atoms with Crippen LogP contribution in [0.3, 0.4) is 0 Å². The van der Waals surface area contributed by atoms with Crippen molar-refractivity contribution in [3.05, 3.63) is 57.5 Å². The van der Waals surface area contributed by atoms with E-state index in [-0.39, 0.29) is 49.1 Å². The van der Waals surface area contributed by atoms with Gasteiger partial charge in [-0.15, -0.1) is 0 Å². The molecule has 1 amide bonds. The molecule has 0 aliphatic carbocycles. The van der Waals surface area contributed by atoms with Gasteiger partial charge in [0.25, 0.3) is 5.56 Å². The van der Waals surface area contributed by atoms with Crippen LogP contribution < -0.4 is 5.56 Å². The third-order valence-corrected chi connectivity index (χ3v) is 7.31. The second-order valence-corrected chi connectivity index (χ2v) is 9.12. The molecule has 2 aromatic rings. The quantitative estimate of drug-likeness (QED) is 0.651. The first kappa shape index (κ1) is 22.7. The predicted octanol–water partition coefficient (Wildman–Crippen LogP) is 0.773. The first-order valence-electron chi connectivity index (χ1n) is 10.2. The molecule has 31 heavy (non-hydrogen) atoms. The molecule has 3 rings (SSSR count). The zero-order valence-electron chi connectivity index (χ0n) is 17.6. The van der Waals surface area contributed by atoms with Crippen LogP contribution in [0.15, 0.2) is 40.0 Å². The monoisotopic (exact) mass is 443 g/mol. The molecule has 1 fully saturated rings. The maximum atomic E-state index is 12.8. The average molecular weight is 444 g/mol. The molecule has 2 heterocycles. The topological polar surface area (TPSA) is 116 Å². The van der Waals surface area contributed by atoms with Crippen LogP contribution in [0.2, 0.25) is 0 Å². The van der Waals surface area contributed by atoms with E-state index in [0.29, 0.717) is 24.1 Å². The van der Waals surface area contributed by atoms with Crippen LogP contribution in [0.4, 0.5) is 0 Å². The second kappa shape index (κ2) is 9.41. The SMILES string of the molecule is CCc1nn(CC(=O)N2CCN(S(=O)(=O)c3ccccc3)CC2)c(=O)c(C#N)c1CC. The van der Waals surface area contributed by atoms with Gasteiger partial charge in [-0.1, -0.05) is 32.0 Å². The minimum atomic E-state index is -3.61. The van der Waals surface area contributed by atoms with Crippen LogP contribution in [-0.4, -0.2) is 59.5 Å². The van der Waals surface area contributed by atoms with Crippen LogP contribution in [0.25, 0.3) is 0 Å². The Balaban J connectivity index is 1.73. The zero-order chi connectivity index (χ0) is 22.6. The number of hydrogen-bond acceptors (Lipinski definition) is 6. The summed E-state index contributed by atoms with van der Waals surface area (Å²) in [4.78, 5) is 27.1. The summed E-state index contributed by atoms with van der Waals surface area (Å²) in [5, 5.41) is 13.7. The normalized spacial score (nSPS) is 14.9. The van der Waals surface area contributed by atoms with Crippen molar-refractivity contribution in [1.29, 1.82) is 5.26 Å². The Morgan fingerprint density at radius 2 is 1.74 bits per heavy atom. The van der Waals surface area contributed by atoms with Crippen molar-refractivity contribution in [3.63, 3.8) is 0 Å². The van der Waals surface area contributed by atoms with E-state index < -0.39 is 15.6 Å². The molecule has 0 bridgehead atoms. The van der Waals surface area contributed by atoms with Gasteiger partial charge in [0, 0.05) is 26.2 Å². The molecule has 0 unspecified atom stereocenters. The second-order valence-electron chi connectivity index (χ2n) is 7.18. The molecule has 0 N–H and O–H groups in total. The Bertz CT molecular complexity index is 1160. The number of benzene rings is 1. The maximum absolute atomic E-state index is 12.8. The van der Waals surface area contributed by atoms with Crippen molar-refractivity contribution in [2.45, 2.75) is 38.1 Å². The number of nitriles is 1. The van der Waals surface area contributed by atoms with E-state index in [9.17, 15) is 23.3 Å². The Hall–Kier alpha value is -3.03. The van der Waals surface area contributed by atoms with E-state index in [2.05, 4.69) is 5.10 Å². The fourth-order valence-electron chi connectivity index (χ4n) is 3.69. The molecule has 9 nitrogen and oxygen atoms in total. The number of rotatable bonds is 6. The fraction of sp³-hybridized carbons (Fsp3) is 0.429. The molecule has 1 aliphatic rings. The lowest BCUT2D eigenvalue weighted by Crippen LogP contribution is -2.51. The molecule has 0 saturated carbocycles. The van der Waals surface area contributed by atoms with Crippen molar-refractivity contribution in [1.82, 2.24) is 19.0 Å². The number of carbonyl (C=O) groups is 1. The number of carbonyl (C=O) groups excluding carboxylic acids is 1. The molecule has 1 saturated heterocycles. The summed E-state index contributed by atoms with van der Waals surface area (Å²) in [5.74, 6) is -0.332. The molecular formula is C21H25N5O4S. The maximum Gasteiger partial charge on any atom is 0.285 e. The number of piperazine rings is 1. The Labute approximate surface area is 181 Å². The lowest BCUT2D eigenvalue weighted by Gasteiger charge is -2.34. The van der Waals surface area contributed by atoms with Crippen LogP contribution in [0.5, 0.6) is 0 Å². The van der Waals surface area contributed by atoms with Gasteiger partial charge in [0.2, 0.25) is 15.9 Å². The van der Waals surface area contributed by atoms with Crippen LogP contribution >= 0.6 is 0 Å². The molecule has 10 heteroatoms. The van der Waals surface area contributed by atoms with Crippen LogP contribution in [-0.2, 0) is 34.2 Å². The predicted molar refractivity (Wildman–Crippen MR) is 114 cm³/mol. The van der Waals surface area contributed by atoms with Gasteiger partial charge in [0.15, 0.2) is 0 Å². The fourth-order valence-corrected chi connectivity index (χ4v) is 5.13. The standard InChI is InChI=1S/C21H25N5O4S/c1-3-17-18(14-22)21(28)26(23-19(17)4-2)15-20(27)24-10-12-25(13-11-24)31(29,30)16-8-6-5-7-9-16/h5-9H,3-4,10-13,15H2,1-2H3. The van der Waals surface area contributed by atoms with E-state index in [1.807, 2.05) is 19.9 Å². The molecule has 0 radical (unpaired) electrons. The number of sulfonamides is 1. The van der Waals surface area contributed by atoms with Crippen molar-refractivity contribution >= 4 is 15.9 Å². The minimum Gasteiger partial charge on any atom is -0.338 e. The summed E-state index contributed by atoms with van der Waals surface area (Å²) in [6.45, 7) is 4.24. The van der Waals surface area contributed by atoms with Crippen molar-refractivity contribution < 1.29 is 13.2 Å². The highest BCUT2D eigenvalue weighted by atomic mass is 32.2. The molecule has 0 spiro atoms. The smallest absolute Gasteiger partial charge is 0.285 e. The molecule has 1 aromatic carbocycles. The van der Waals surface area contributed by atoms with Crippen molar-refractivity contribution in [2.75, 3.05) is 26.2 Å². The highest BCUT2D eigenvalue weighted by Gasteiger charge is 2.30. The minimum absolute atomic E-state index is 0.0286. The van der Waals surface area contributed by atoms with Crippen molar-refractivity contribution in [3.8, 4) is 6.07 Å². The Morgan fingerprint density at radius 3 is 2.29 bits per heavy atom. The van der Waals surface area contributed by atoms with Crippen LogP contribution in [0, 0.1) is 11.3 Å². The van der Waals surface area contributed by atoms with E-state index in [4.69, 9.17) is 0 Å². The number of amides is 1. The van der Waals surface area contributed by atoms with Gasteiger partial charge in [-0.3, -0.25) is 9.59 Å².